The molecule has 1 heterocycles. The Morgan fingerprint density at radius 3 is 2.40 bits per heavy atom. The topological polar surface area (TPSA) is 39.1 Å². The van der Waals surface area contributed by atoms with Gasteiger partial charge in [-0.25, -0.2) is 12.4 Å². The van der Waals surface area contributed by atoms with E-state index in [0.717, 1.165) is 10.9 Å². The lowest BCUT2D eigenvalue weighted by Crippen LogP contribution is -2.11. The minimum Gasteiger partial charge on any atom is -0.241 e. The van der Waals surface area contributed by atoms with Gasteiger partial charge in [0.05, 0.1) is 10.4 Å². The minimum absolute atomic E-state index is 0.264. The van der Waals surface area contributed by atoms with Gasteiger partial charge in [0.2, 0.25) is 0 Å². The fraction of sp³-hybridized carbons (Fsp3) is 0.0667. The van der Waals surface area contributed by atoms with Crippen LogP contribution >= 0.6 is 11.6 Å². The Labute approximate surface area is 122 Å². The van der Waals surface area contributed by atoms with Gasteiger partial charge in [-0.1, -0.05) is 35.4 Å². The van der Waals surface area contributed by atoms with Crippen LogP contribution in [0.15, 0.2) is 59.6 Å². The van der Waals surface area contributed by atoms with E-state index in [1.165, 1.54) is 3.97 Å². The van der Waals surface area contributed by atoms with E-state index in [1.54, 1.807) is 54.7 Å². The van der Waals surface area contributed by atoms with Crippen molar-refractivity contribution >= 4 is 32.5 Å². The first-order chi connectivity index (χ1) is 9.48. The molecule has 0 aliphatic heterocycles. The average molecular weight is 306 g/mol. The lowest BCUT2D eigenvalue weighted by atomic mass is 10.2. The highest BCUT2D eigenvalue weighted by molar-refractivity contribution is 7.90. The van der Waals surface area contributed by atoms with Crippen molar-refractivity contribution in [3.05, 3.63) is 65.3 Å². The summed E-state index contributed by atoms with van der Waals surface area (Å²) < 4.78 is 26.6. The Morgan fingerprint density at radius 1 is 1.00 bits per heavy atom. The quantitative estimate of drug-likeness (QED) is 0.721. The normalized spacial score (nSPS) is 11.9. The Morgan fingerprint density at radius 2 is 1.70 bits per heavy atom. The average Bonchev–Trinajstić information content (AvgIpc) is 2.82. The van der Waals surface area contributed by atoms with Crippen LogP contribution in [0, 0.1) is 6.92 Å². The van der Waals surface area contributed by atoms with Crippen molar-refractivity contribution < 1.29 is 8.42 Å². The first kappa shape index (κ1) is 13.2. The SMILES string of the molecule is Cc1ccc(S(=O)(=O)n2ccc3ccc(Cl)cc32)cc1. The van der Waals surface area contributed by atoms with Gasteiger partial charge in [-0.3, -0.25) is 0 Å². The van der Waals surface area contributed by atoms with Crippen LogP contribution in [0.4, 0.5) is 0 Å². The van der Waals surface area contributed by atoms with Crippen LogP contribution in [0.1, 0.15) is 5.56 Å². The summed E-state index contributed by atoms with van der Waals surface area (Å²) in [5.74, 6) is 0. The highest BCUT2D eigenvalue weighted by Gasteiger charge is 2.18. The van der Waals surface area contributed by atoms with E-state index in [0.29, 0.717) is 10.5 Å². The third-order valence-electron chi connectivity index (χ3n) is 3.20. The summed E-state index contributed by atoms with van der Waals surface area (Å²) >= 11 is 5.96. The molecule has 20 heavy (non-hydrogen) atoms. The van der Waals surface area contributed by atoms with Gasteiger partial charge in [-0.05, 0) is 37.3 Å². The van der Waals surface area contributed by atoms with Crippen molar-refractivity contribution in [2.75, 3.05) is 0 Å². The first-order valence-corrected chi connectivity index (χ1v) is 7.89. The van der Waals surface area contributed by atoms with Gasteiger partial charge in [-0.2, -0.15) is 0 Å². The van der Waals surface area contributed by atoms with Gasteiger partial charge in [0.1, 0.15) is 0 Å². The van der Waals surface area contributed by atoms with Gasteiger partial charge in [0, 0.05) is 16.6 Å². The number of fused-ring (bicyclic) bond motifs is 1. The Balaban J connectivity index is 2.23. The fourth-order valence-electron chi connectivity index (χ4n) is 2.11. The number of nitrogens with zero attached hydrogens (tertiary/aromatic N) is 1. The maximum absolute atomic E-state index is 12.7. The molecule has 3 aromatic rings. The van der Waals surface area contributed by atoms with E-state index in [-0.39, 0.29) is 4.90 Å². The summed E-state index contributed by atoms with van der Waals surface area (Å²) in [6.07, 6.45) is 1.55. The van der Waals surface area contributed by atoms with Crippen LogP contribution in [0.3, 0.4) is 0 Å². The molecular formula is C15H12ClNO2S. The predicted octanol–water partition coefficient (Wildman–Crippen LogP) is 3.84. The molecule has 0 radical (unpaired) electrons. The summed E-state index contributed by atoms with van der Waals surface area (Å²) in [5.41, 5.74) is 1.60. The minimum atomic E-state index is -3.60. The van der Waals surface area contributed by atoms with E-state index >= 15 is 0 Å². The van der Waals surface area contributed by atoms with Crippen molar-refractivity contribution in [1.29, 1.82) is 0 Å². The smallest absolute Gasteiger partial charge is 0.241 e. The zero-order valence-corrected chi connectivity index (χ0v) is 12.3. The highest BCUT2D eigenvalue weighted by atomic mass is 35.5. The Kier molecular flexibility index (Phi) is 3.07. The van der Waals surface area contributed by atoms with E-state index < -0.39 is 10.0 Å². The standard InChI is InChI=1S/C15H12ClNO2S/c1-11-2-6-14(7-3-11)20(18,19)17-9-8-12-4-5-13(16)10-15(12)17/h2-10H,1H3. The van der Waals surface area contributed by atoms with Crippen molar-refractivity contribution in [2.24, 2.45) is 0 Å². The molecule has 0 aliphatic carbocycles. The first-order valence-electron chi connectivity index (χ1n) is 6.07. The second-order valence-electron chi connectivity index (χ2n) is 4.63. The van der Waals surface area contributed by atoms with Crippen molar-refractivity contribution in [2.45, 2.75) is 11.8 Å². The summed E-state index contributed by atoms with van der Waals surface area (Å²) in [7, 11) is -3.60. The number of hydrogen-bond acceptors (Lipinski definition) is 2. The molecule has 3 nitrogen and oxygen atoms in total. The second-order valence-corrected chi connectivity index (χ2v) is 6.88. The number of benzene rings is 2. The van der Waals surface area contributed by atoms with Crippen LogP contribution in [-0.4, -0.2) is 12.4 Å². The van der Waals surface area contributed by atoms with Crippen molar-refractivity contribution in [3.63, 3.8) is 0 Å². The maximum Gasteiger partial charge on any atom is 0.268 e. The molecule has 102 valence electrons. The van der Waals surface area contributed by atoms with Crippen LogP contribution in [0.25, 0.3) is 10.9 Å². The lowest BCUT2D eigenvalue weighted by Gasteiger charge is -2.08. The molecule has 0 aliphatic rings. The molecule has 3 rings (SSSR count). The fourth-order valence-corrected chi connectivity index (χ4v) is 3.62. The van der Waals surface area contributed by atoms with Gasteiger partial charge in [0.25, 0.3) is 10.0 Å². The van der Waals surface area contributed by atoms with Gasteiger partial charge in [-0.15, -0.1) is 0 Å². The molecular weight excluding hydrogens is 294 g/mol. The molecule has 5 heteroatoms. The van der Waals surface area contributed by atoms with Crippen LogP contribution in [0.2, 0.25) is 5.02 Å². The van der Waals surface area contributed by atoms with Crippen LogP contribution < -0.4 is 0 Å². The lowest BCUT2D eigenvalue weighted by molar-refractivity contribution is 0.589. The van der Waals surface area contributed by atoms with E-state index in [4.69, 9.17) is 11.6 Å². The van der Waals surface area contributed by atoms with E-state index in [9.17, 15) is 8.42 Å². The van der Waals surface area contributed by atoms with Gasteiger partial charge < -0.3 is 0 Å². The summed E-state index contributed by atoms with van der Waals surface area (Å²) in [5, 5.41) is 1.35. The molecule has 0 amide bonds. The molecule has 0 saturated carbocycles. The van der Waals surface area contributed by atoms with Crippen molar-refractivity contribution in [3.8, 4) is 0 Å². The Bertz CT molecular complexity index is 880. The number of aryl methyl sites for hydroxylation is 1. The number of rotatable bonds is 2. The monoisotopic (exact) mass is 305 g/mol. The van der Waals surface area contributed by atoms with E-state index in [1.807, 2.05) is 6.92 Å². The molecule has 0 fully saturated rings. The van der Waals surface area contributed by atoms with Crippen LogP contribution in [-0.2, 0) is 10.0 Å². The molecule has 1 aromatic heterocycles. The summed E-state index contributed by atoms with van der Waals surface area (Å²) in [6, 6.07) is 13.8. The predicted molar refractivity (Wildman–Crippen MR) is 80.7 cm³/mol. The Hall–Kier alpha value is -1.78. The third kappa shape index (κ3) is 2.11. The van der Waals surface area contributed by atoms with Crippen LogP contribution in [0.5, 0.6) is 0 Å². The molecule has 0 N–H and O–H groups in total. The molecule has 0 atom stereocenters. The molecule has 0 spiro atoms. The second kappa shape index (κ2) is 4.65. The molecule has 0 bridgehead atoms. The molecule has 0 unspecified atom stereocenters. The number of hydrogen-bond donors (Lipinski definition) is 0. The van der Waals surface area contributed by atoms with Gasteiger partial charge >= 0.3 is 0 Å². The van der Waals surface area contributed by atoms with Gasteiger partial charge in [0.15, 0.2) is 0 Å². The zero-order chi connectivity index (χ0) is 14.3. The van der Waals surface area contributed by atoms with Crippen molar-refractivity contribution in [1.82, 2.24) is 3.97 Å². The summed E-state index contributed by atoms with van der Waals surface area (Å²) in [6.45, 7) is 1.92. The number of halogens is 1. The number of aromatic nitrogens is 1. The largest absolute Gasteiger partial charge is 0.268 e. The van der Waals surface area contributed by atoms with E-state index in [2.05, 4.69) is 0 Å². The maximum atomic E-state index is 12.7. The molecule has 2 aromatic carbocycles. The zero-order valence-electron chi connectivity index (χ0n) is 10.7. The molecule has 0 saturated heterocycles. The third-order valence-corrected chi connectivity index (χ3v) is 5.14. The summed E-state index contributed by atoms with van der Waals surface area (Å²) in [4.78, 5) is 0.264. The highest BCUT2D eigenvalue weighted by Crippen LogP contribution is 2.25.